The molecule has 2 aromatic carbocycles. The lowest BCUT2D eigenvalue weighted by Crippen LogP contribution is -2.56. The predicted octanol–water partition coefficient (Wildman–Crippen LogP) is 3.30. The highest BCUT2D eigenvalue weighted by Gasteiger charge is 2.68. The summed E-state index contributed by atoms with van der Waals surface area (Å²) < 4.78 is 6.30. The number of nitrogens with zero attached hydrogens (tertiary/aromatic N) is 1. The zero-order chi connectivity index (χ0) is 28.5. The maximum absolute atomic E-state index is 14.3. The number of urea groups is 1. The van der Waals surface area contributed by atoms with Gasteiger partial charge >= 0.3 is 12.0 Å². The van der Waals surface area contributed by atoms with Gasteiger partial charge in [-0.05, 0) is 55.0 Å². The number of para-hydroxylation sites is 1. The van der Waals surface area contributed by atoms with Crippen LogP contribution in [-0.4, -0.2) is 48.1 Å². The summed E-state index contributed by atoms with van der Waals surface area (Å²) in [4.78, 5) is 54.0. The van der Waals surface area contributed by atoms with Crippen molar-refractivity contribution in [1.29, 1.82) is 0 Å². The third-order valence-electron chi connectivity index (χ3n) is 7.80. The second-order valence-corrected chi connectivity index (χ2v) is 10.7. The molecule has 2 aliphatic rings. The Labute approximate surface area is 235 Å². The number of anilines is 1. The lowest BCUT2D eigenvalue weighted by atomic mass is 9.77. The molecular formula is C28H33BrN4O6. The van der Waals surface area contributed by atoms with E-state index < -0.39 is 47.2 Å². The summed E-state index contributed by atoms with van der Waals surface area (Å²) in [6.07, 6.45) is 1.40. The number of nitrogens with one attached hydrogen (secondary N) is 2. The molecule has 4 atom stereocenters. The molecule has 2 heterocycles. The Bertz CT molecular complexity index is 1290. The number of carboxylic acid groups (broad SMARTS) is 1. The first kappa shape index (κ1) is 28.6. The van der Waals surface area contributed by atoms with Crippen molar-refractivity contribution in [3.8, 4) is 5.75 Å². The van der Waals surface area contributed by atoms with Gasteiger partial charge < -0.3 is 20.9 Å². The van der Waals surface area contributed by atoms with E-state index in [4.69, 9.17) is 10.5 Å². The smallest absolute Gasteiger partial charge is 0.324 e. The van der Waals surface area contributed by atoms with Gasteiger partial charge in [0.15, 0.2) is 0 Å². The van der Waals surface area contributed by atoms with Crippen LogP contribution in [0.2, 0.25) is 0 Å². The number of hydrogen-bond donors (Lipinski definition) is 4. The van der Waals surface area contributed by atoms with E-state index in [0.717, 1.165) is 11.1 Å². The molecule has 0 radical (unpaired) electrons. The SMILES string of the molecule is CCc1cccc(CC)c1N1C(=O)C2C(c3cc(Br)ccc3OC)NC(CCCNC(N)=O)(C(=O)O)C2C1=O. The topological polar surface area (TPSA) is 151 Å². The Morgan fingerprint density at radius 1 is 1.15 bits per heavy atom. The first-order valence-corrected chi connectivity index (χ1v) is 13.8. The maximum atomic E-state index is 14.3. The van der Waals surface area contributed by atoms with Gasteiger partial charge in [-0.2, -0.15) is 0 Å². The van der Waals surface area contributed by atoms with Gasteiger partial charge in [0.25, 0.3) is 0 Å². The number of hydrogen-bond acceptors (Lipinski definition) is 6. The van der Waals surface area contributed by atoms with Crippen LogP contribution in [0.15, 0.2) is 40.9 Å². The van der Waals surface area contributed by atoms with E-state index in [9.17, 15) is 24.3 Å². The fourth-order valence-electron chi connectivity index (χ4n) is 6.05. The number of amides is 4. The largest absolute Gasteiger partial charge is 0.496 e. The summed E-state index contributed by atoms with van der Waals surface area (Å²) in [6.45, 7) is 4.03. The Morgan fingerprint density at radius 3 is 2.38 bits per heavy atom. The van der Waals surface area contributed by atoms with Crippen LogP contribution in [0.3, 0.4) is 0 Å². The number of carboxylic acids is 1. The quantitative estimate of drug-likeness (QED) is 0.241. The molecule has 4 rings (SSSR count). The van der Waals surface area contributed by atoms with Crippen LogP contribution in [0.4, 0.5) is 10.5 Å². The minimum Gasteiger partial charge on any atom is -0.496 e. The lowest BCUT2D eigenvalue weighted by Gasteiger charge is -2.32. The third-order valence-corrected chi connectivity index (χ3v) is 8.29. The Morgan fingerprint density at radius 2 is 1.82 bits per heavy atom. The zero-order valence-electron chi connectivity index (χ0n) is 22.1. The average Bonchev–Trinajstić information content (AvgIpc) is 3.39. The third kappa shape index (κ3) is 4.89. The highest BCUT2D eigenvalue weighted by molar-refractivity contribution is 9.10. The number of benzene rings is 2. The summed E-state index contributed by atoms with van der Waals surface area (Å²) in [5, 5.41) is 16.3. The maximum Gasteiger partial charge on any atom is 0.324 e. The highest BCUT2D eigenvalue weighted by Crippen LogP contribution is 2.53. The number of aliphatic carboxylic acids is 1. The van der Waals surface area contributed by atoms with Gasteiger partial charge in [0, 0.05) is 22.6 Å². The van der Waals surface area contributed by atoms with Crippen molar-refractivity contribution < 1.29 is 29.0 Å². The van der Waals surface area contributed by atoms with Gasteiger partial charge in [-0.3, -0.25) is 19.7 Å². The van der Waals surface area contributed by atoms with E-state index in [1.807, 2.05) is 32.0 Å². The van der Waals surface area contributed by atoms with Crippen LogP contribution in [-0.2, 0) is 27.2 Å². The number of nitrogens with two attached hydrogens (primary N) is 1. The fraction of sp³-hybridized carbons (Fsp3) is 0.429. The molecule has 2 aromatic rings. The van der Waals surface area contributed by atoms with Gasteiger partial charge in [-0.15, -0.1) is 0 Å². The first-order valence-electron chi connectivity index (χ1n) is 13.0. The minimum absolute atomic E-state index is 0.0144. The molecule has 2 fully saturated rings. The molecule has 0 bridgehead atoms. The molecule has 4 unspecified atom stereocenters. The number of halogens is 1. The number of rotatable bonds is 10. The molecule has 0 aliphatic carbocycles. The number of methoxy groups -OCH3 is 1. The second kappa shape index (κ2) is 11.4. The fourth-order valence-corrected chi connectivity index (χ4v) is 6.43. The van der Waals surface area contributed by atoms with Crippen molar-refractivity contribution in [2.45, 2.75) is 51.1 Å². The molecule has 39 heavy (non-hydrogen) atoms. The molecule has 5 N–H and O–H groups in total. The number of ether oxygens (including phenoxy) is 1. The van der Waals surface area contributed by atoms with Crippen molar-refractivity contribution in [3.05, 3.63) is 57.6 Å². The molecular weight excluding hydrogens is 568 g/mol. The van der Waals surface area contributed by atoms with Crippen molar-refractivity contribution in [3.63, 3.8) is 0 Å². The van der Waals surface area contributed by atoms with E-state index in [-0.39, 0.29) is 19.4 Å². The Balaban J connectivity index is 1.89. The molecule has 0 spiro atoms. The van der Waals surface area contributed by atoms with Gasteiger partial charge in [0.05, 0.1) is 24.6 Å². The number of imide groups is 1. The molecule has 2 saturated heterocycles. The molecule has 2 aliphatic heterocycles. The van der Waals surface area contributed by atoms with Gasteiger partial charge in [0.2, 0.25) is 11.8 Å². The van der Waals surface area contributed by atoms with Crippen LogP contribution in [0, 0.1) is 11.8 Å². The molecule has 10 nitrogen and oxygen atoms in total. The second-order valence-electron chi connectivity index (χ2n) is 9.83. The number of aryl methyl sites for hydroxylation is 2. The average molecular weight is 601 g/mol. The molecule has 208 valence electrons. The standard InChI is InChI=1S/C28H33BrN4O6/c1-4-15-8-6-9-16(5-2)23(15)33-24(34)20-21(25(33)35)28(26(36)37,12-7-13-31-27(30)38)32-22(20)18-14-17(29)10-11-19(18)39-3/h6,8-11,14,20-22,32H,4-5,7,12-13H2,1-3H3,(H,36,37)(H3,30,31,38). The van der Waals surface area contributed by atoms with Crippen molar-refractivity contribution in [1.82, 2.24) is 10.6 Å². The summed E-state index contributed by atoms with van der Waals surface area (Å²) in [6, 6.07) is 9.42. The van der Waals surface area contributed by atoms with E-state index in [1.54, 1.807) is 18.2 Å². The van der Waals surface area contributed by atoms with Crippen molar-refractivity contribution in [2.24, 2.45) is 17.6 Å². The van der Waals surface area contributed by atoms with E-state index in [2.05, 4.69) is 26.6 Å². The van der Waals surface area contributed by atoms with E-state index >= 15 is 0 Å². The lowest BCUT2D eigenvalue weighted by molar-refractivity contribution is -0.149. The number of carbonyl (C=O) groups is 4. The Hall–Kier alpha value is -3.44. The highest BCUT2D eigenvalue weighted by atomic mass is 79.9. The predicted molar refractivity (Wildman–Crippen MR) is 148 cm³/mol. The van der Waals surface area contributed by atoms with Gasteiger partial charge in [0.1, 0.15) is 11.3 Å². The van der Waals surface area contributed by atoms with E-state index in [1.165, 1.54) is 12.0 Å². The van der Waals surface area contributed by atoms with Crippen LogP contribution < -0.4 is 26.0 Å². The molecule has 4 amide bonds. The van der Waals surface area contributed by atoms with Crippen LogP contribution in [0.1, 0.15) is 49.4 Å². The van der Waals surface area contributed by atoms with Crippen molar-refractivity contribution >= 4 is 45.4 Å². The van der Waals surface area contributed by atoms with Crippen LogP contribution in [0.25, 0.3) is 0 Å². The number of carbonyl (C=O) groups excluding carboxylic acids is 3. The Kier molecular flexibility index (Phi) is 8.31. The first-order chi connectivity index (χ1) is 18.6. The van der Waals surface area contributed by atoms with Gasteiger partial charge in [-0.25, -0.2) is 9.69 Å². The molecule has 0 saturated carbocycles. The van der Waals surface area contributed by atoms with Crippen LogP contribution >= 0.6 is 15.9 Å². The summed E-state index contributed by atoms with van der Waals surface area (Å²) in [5.74, 6) is -3.94. The van der Waals surface area contributed by atoms with Crippen LogP contribution in [0.5, 0.6) is 5.75 Å². The zero-order valence-corrected chi connectivity index (χ0v) is 23.7. The molecule has 0 aromatic heterocycles. The number of fused-ring (bicyclic) bond motifs is 1. The number of primary amides is 1. The minimum atomic E-state index is -1.77. The molecule has 11 heteroatoms. The van der Waals surface area contributed by atoms with Crippen molar-refractivity contribution in [2.75, 3.05) is 18.6 Å². The monoisotopic (exact) mass is 600 g/mol. The van der Waals surface area contributed by atoms with Gasteiger partial charge in [-0.1, -0.05) is 48.0 Å². The summed E-state index contributed by atoms with van der Waals surface area (Å²) in [7, 11) is 1.50. The normalized spacial score (nSPS) is 24.1. The summed E-state index contributed by atoms with van der Waals surface area (Å²) >= 11 is 3.47. The van der Waals surface area contributed by atoms with E-state index in [0.29, 0.717) is 34.3 Å². The summed E-state index contributed by atoms with van der Waals surface area (Å²) in [5.41, 5.74) is 6.21.